The number of rotatable bonds is 4. The molecule has 0 radical (unpaired) electrons. The van der Waals surface area contributed by atoms with Crippen molar-refractivity contribution in [2.24, 2.45) is 0 Å². The molecule has 134 valence electrons. The van der Waals surface area contributed by atoms with Gasteiger partial charge in [-0.25, -0.2) is 4.79 Å². The van der Waals surface area contributed by atoms with Crippen LogP contribution in [0.5, 0.6) is 5.75 Å². The first kappa shape index (κ1) is 17.5. The van der Waals surface area contributed by atoms with E-state index >= 15 is 0 Å². The summed E-state index contributed by atoms with van der Waals surface area (Å²) >= 11 is 0. The van der Waals surface area contributed by atoms with Gasteiger partial charge in [0.05, 0.1) is 0 Å². The second-order valence-electron chi connectivity index (χ2n) is 7.60. The second kappa shape index (κ2) is 6.54. The van der Waals surface area contributed by atoms with Crippen molar-refractivity contribution >= 4 is 11.9 Å². The Labute approximate surface area is 148 Å². The van der Waals surface area contributed by atoms with E-state index in [0.29, 0.717) is 17.7 Å². The van der Waals surface area contributed by atoms with Gasteiger partial charge >= 0.3 is 6.09 Å². The SMILES string of the molecule is CCC(=O)c1cccc(O[C@@H]2C[C@@H]3CC2=CN3C(=O)OC(C)(C)C)c1. The maximum absolute atomic E-state index is 12.2. The number of Topliss-reactive ketones (excluding diaryl/α,β-unsaturated/α-hetero) is 1. The number of carbonyl (C=O) groups is 2. The molecule has 1 aliphatic heterocycles. The molecule has 1 heterocycles. The average molecular weight is 343 g/mol. The summed E-state index contributed by atoms with van der Waals surface area (Å²) < 4.78 is 11.5. The zero-order valence-electron chi connectivity index (χ0n) is 15.2. The number of benzene rings is 1. The van der Waals surface area contributed by atoms with Crippen LogP contribution in [0.15, 0.2) is 36.0 Å². The molecule has 2 atom stereocenters. The van der Waals surface area contributed by atoms with Gasteiger partial charge in [-0.3, -0.25) is 9.69 Å². The molecule has 2 bridgehead atoms. The van der Waals surface area contributed by atoms with Crippen molar-refractivity contribution in [3.63, 3.8) is 0 Å². The average Bonchev–Trinajstić information content (AvgIpc) is 3.13. The van der Waals surface area contributed by atoms with Crippen molar-refractivity contribution in [1.82, 2.24) is 4.90 Å². The molecule has 0 unspecified atom stereocenters. The largest absolute Gasteiger partial charge is 0.486 e. The Morgan fingerprint density at radius 1 is 1.28 bits per heavy atom. The fourth-order valence-corrected chi connectivity index (χ4v) is 3.27. The van der Waals surface area contributed by atoms with E-state index in [1.54, 1.807) is 11.0 Å². The summed E-state index contributed by atoms with van der Waals surface area (Å²) in [6.45, 7) is 7.44. The molecule has 5 heteroatoms. The minimum absolute atomic E-state index is 0.0457. The fourth-order valence-electron chi connectivity index (χ4n) is 3.27. The van der Waals surface area contributed by atoms with Crippen LogP contribution in [0.1, 0.15) is 57.3 Å². The number of nitrogens with zero attached hydrogens (tertiary/aromatic N) is 1. The number of ether oxygens (including phenoxy) is 2. The third-order valence-electron chi connectivity index (χ3n) is 4.43. The van der Waals surface area contributed by atoms with Gasteiger partial charge in [-0.1, -0.05) is 19.1 Å². The highest BCUT2D eigenvalue weighted by Gasteiger charge is 2.43. The lowest BCUT2D eigenvalue weighted by Crippen LogP contribution is -2.39. The molecule has 5 nitrogen and oxygen atoms in total. The van der Waals surface area contributed by atoms with Crippen molar-refractivity contribution < 1.29 is 19.1 Å². The van der Waals surface area contributed by atoms with E-state index in [-0.39, 0.29) is 24.0 Å². The smallest absolute Gasteiger partial charge is 0.414 e. The molecule has 1 aliphatic carbocycles. The van der Waals surface area contributed by atoms with E-state index in [2.05, 4.69) is 0 Å². The Morgan fingerprint density at radius 2 is 2.04 bits per heavy atom. The number of amides is 1. The second-order valence-corrected chi connectivity index (χ2v) is 7.60. The number of ketones is 1. The molecule has 0 spiro atoms. The van der Waals surface area contributed by atoms with Gasteiger partial charge in [0.25, 0.3) is 0 Å². The third-order valence-corrected chi connectivity index (χ3v) is 4.43. The van der Waals surface area contributed by atoms with Crippen LogP contribution in [0.3, 0.4) is 0 Å². The number of hydrogen-bond acceptors (Lipinski definition) is 4. The van der Waals surface area contributed by atoms with Gasteiger partial charge in [-0.2, -0.15) is 0 Å². The summed E-state index contributed by atoms with van der Waals surface area (Å²) in [4.78, 5) is 25.8. The third kappa shape index (κ3) is 3.86. The lowest BCUT2D eigenvalue weighted by Gasteiger charge is -2.29. The highest BCUT2D eigenvalue weighted by Crippen LogP contribution is 2.39. The minimum atomic E-state index is -0.500. The highest BCUT2D eigenvalue weighted by atomic mass is 16.6. The number of fused-ring (bicyclic) bond motifs is 2. The van der Waals surface area contributed by atoms with Crippen LogP contribution in [0.4, 0.5) is 4.79 Å². The Kier molecular flexibility index (Phi) is 4.58. The van der Waals surface area contributed by atoms with E-state index in [1.807, 2.05) is 52.1 Å². The molecule has 2 aliphatic rings. The first-order chi connectivity index (χ1) is 11.8. The van der Waals surface area contributed by atoms with E-state index in [9.17, 15) is 9.59 Å². The molecule has 1 amide bonds. The van der Waals surface area contributed by atoms with Crippen molar-refractivity contribution in [3.05, 3.63) is 41.6 Å². The molecule has 3 rings (SSSR count). The first-order valence-corrected chi connectivity index (χ1v) is 8.78. The standard InChI is InChI=1S/C20H25NO4/c1-5-17(22)13-7-6-8-16(10-13)24-18-11-15-9-14(18)12-21(15)19(23)25-20(2,3)4/h6-8,10,12,15,18H,5,9,11H2,1-4H3/t15-,18+/m0/s1. The molecule has 0 N–H and O–H groups in total. The summed E-state index contributed by atoms with van der Waals surface area (Å²) in [5.74, 6) is 0.801. The van der Waals surface area contributed by atoms with Crippen LogP contribution in [0.25, 0.3) is 0 Å². The monoisotopic (exact) mass is 343 g/mol. The van der Waals surface area contributed by atoms with Crippen molar-refractivity contribution in [2.45, 2.75) is 64.7 Å². The van der Waals surface area contributed by atoms with Crippen molar-refractivity contribution in [2.75, 3.05) is 0 Å². The highest BCUT2D eigenvalue weighted by molar-refractivity contribution is 5.96. The Bertz CT molecular complexity index is 717. The van der Waals surface area contributed by atoms with E-state index in [1.165, 1.54) is 0 Å². The maximum Gasteiger partial charge on any atom is 0.414 e. The maximum atomic E-state index is 12.2. The minimum Gasteiger partial charge on any atom is -0.486 e. The lowest BCUT2D eigenvalue weighted by atomic mass is 10.1. The predicted octanol–water partition coefficient (Wildman–Crippen LogP) is 4.32. The van der Waals surface area contributed by atoms with Crippen LogP contribution >= 0.6 is 0 Å². The molecule has 0 saturated heterocycles. The Balaban J connectivity index is 1.67. The quantitative estimate of drug-likeness (QED) is 0.764. The van der Waals surface area contributed by atoms with Crippen molar-refractivity contribution in [3.8, 4) is 5.75 Å². The first-order valence-electron chi connectivity index (χ1n) is 8.78. The molecule has 1 fully saturated rings. The molecule has 1 saturated carbocycles. The fraction of sp³-hybridized carbons (Fsp3) is 0.500. The van der Waals surface area contributed by atoms with Crippen LogP contribution in [-0.2, 0) is 4.74 Å². The predicted molar refractivity (Wildman–Crippen MR) is 94.7 cm³/mol. The van der Waals surface area contributed by atoms with Gasteiger partial charge in [0.2, 0.25) is 0 Å². The zero-order chi connectivity index (χ0) is 18.2. The number of hydrogen-bond donors (Lipinski definition) is 0. The van der Waals surface area contributed by atoms with Crippen LogP contribution < -0.4 is 4.74 Å². The lowest BCUT2D eigenvalue weighted by molar-refractivity contribution is 0.0265. The molecule has 0 aromatic heterocycles. The van der Waals surface area contributed by atoms with E-state index < -0.39 is 5.60 Å². The molecular formula is C20H25NO4. The van der Waals surface area contributed by atoms with Gasteiger partial charge in [0.1, 0.15) is 17.5 Å². The summed E-state index contributed by atoms with van der Waals surface area (Å²) in [6, 6.07) is 7.40. The normalized spacial score (nSPS) is 21.9. The molecular weight excluding hydrogens is 318 g/mol. The Hall–Kier alpha value is -2.30. The van der Waals surface area contributed by atoms with E-state index in [4.69, 9.17) is 9.47 Å². The van der Waals surface area contributed by atoms with Gasteiger partial charge in [-0.05, 0) is 44.9 Å². The van der Waals surface area contributed by atoms with E-state index in [0.717, 1.165) is 18.4 Å². The van der Waals surface area contributed by atoms with Crippen molar-refractivity contribution in [1.29, 1.82) is 0 Å². The zero-order valence-corrected chi connectivity index (χ0v) is 15.2. The van der Waals surface area contributed by atoms with Gasteiger partial charge in [0, 0.05) is 30.6 Å². The molecule has 1 aromatic carbocycles. The molecule has 1 aromatic rings. The number of carbonyl (C=O) groups excluding carboxylic acids is 2. The summed E-state index contributed by atoms with van der Waals surface area (Å²) in [7, 11) is 0. The van der Waals surface area contributed by atoms with Gasteiger partial charge < -0.3 is 9.47 Å². The van der Waals surface area contributed by atoms with Gasteiger partial charge in [0.15, 0.2) is 5.78 Å². The Morgan fingerprint density at radius 3 is 2.64 bits per heavy atom. The molecule has 25 heavy (non-hydrogen) atoms. The topological polar surface area (TPSA) is 55.8 Å². The summed E-state index contributed by atoms with van der Waals surface area (Å²) in [6.07, 6.45) is 3.55. The van der Waals surface area contributed by atoms with Gasteiger partial charge in [-0.15, -0.1) is 0 Å². The van der Waals surface area contributed by atoms with Crippen LogP contribution in [0.2, 0.25) is 0 Å². The van der Waals surface area contributed by atoms with Crippen LogP contribution in [-0.4, -0.2) is 34.5 Å². The van der Waals surface area contributed by atoms with Crippen LogP contribution in [0, 0.1) is 0 Å². The summed E-state index contributed by atoms with van der Waals surface area (Å²) in [5, 5.41) is 0. The summed E-state index contributed by atoms with van der Waals surface area (Å²) in [5.41, 5.74) is 1.27.